The number of amides is 1. The lowest BCUT2D eigenvalue weighted by Gasteiger charge is -2.27. The van der Waals surface area contributed by atoms with Gasteiger partial charge in [0.2, 0.25) is 5.91 Å². The number of furan rings is 1. The van der Waals surface area contributed by atoms with Gasteiger partial charge in [0.15, 0.2) is 0 Å². The third-order valence-electron chi connectivity index (χ3n) is 3.44. The van der Waals surface area contributed by atoms with E-state index in [2.05, 4.69) is 5.32 Å². The molecule has 22 heavy (non-hydrogen) atoms. The Hall–Kier alpha value is -2.34. The molecule has 114 valence electrons. The largest absolute Gasteiger partial charge is 0.465 e. The number of nitrogens with one attached hydrogen (secondary N) is 1. The number of rotatable bonds is 4. The molecule has 3 heterocycles. The smallest absolute Gasteiger partial charge is 0.319 e. The Labute approximate surface area is 131 Å². The second kappa shape index (κ2) is 6.19. The summed E-state index contributed by atoms with van der Waals surface area (Å²) in [5.41, 5.74) is 0.578. The molecule has 3 rings (SSSR count). The first-order valence-corrected chi connectivity index (χ1v) is 7.85. The summed E-state index contributed by atoms with van der Waals surface area (Å²) in [6.45, 7) is 1.97. The monoisotopic (exact) mass is 317 g/mol. The summed E-state index contributed by atoms with van der Waals surface area (Å²) in [7, 11) is 0. The molecule has 6 heteroatoms. The molecule has 1 aliphatic rings. The van der Waals surface area contributed by atoms with Crippen molar-refractivity contribution in [3.63, 3.8) is 0 Å². The van der Waals surface area contributed by atoms with Gasteiger partial charge in [-0.15, -0.1) is 11.3 Å². The van der Waals surface area contributed by atoms with E-state index in [9.17, 15) is 9.59 Å². The number of hydrogen-bond donors (Lipinski definition) is 1. The summed E-state index contributed by atoms with van der Waals surface area (Å²) in [5, 5.41) is 4.65. The van der Waals surface area contributed by atoms with E-state index in [0.717, 1.165) is 4.88 Å². The van der Waals surface area contributed by atoms with Gasteiger partial charge in [0.05, 0.1) is 18.6 Å². The summed E-state index contributed by atoms with van der Waals surface area (Å²) in [4.78, 5) is 25.5. The predicted octanol–water partition coefficient (Wildman–Crippen LogP) is 2.77. The maximum atomic E-state index is 12.4. The van der Waals surface area contributed by atoms with Gasteiger partial charge in [-0.2, -0.15) is 0 Å². The number of allylic oxidation sites excluding steroid dienone is 1. The molecule has 0 bridgehead atoms. The van der Waals surface area contributed by atoms with E-state index >= 15 is 0 Å². The van der Waals surface area contributed by atoms with Crippen LogP contribution in [-0.2, 0) is 14.3 Å². The second-order valence-corrected chi connectivity index (χ2v) is 5.80. The van der Waals surface area contributed by atoms with Crippen molar-refractivity contribution >= 4 is 28.9 Å². The minimum Gasteiger partial charge on any atom is -0.465 e. The van der Waals surface area contributed by atoms with Crippen LogP contribution < -0.4 is 5.32 Å². The van der Waals surface area contributed by atoms with Crippen molar-refractivity contribution in [1.82, 2.24) is 5.32 Å². The van der Waals surface area contributed by atoms with Gasteiger partial charge in [-0.05, 0) is 36.6 Å². The Kier molecular flexibility index (Phi) is 4.11. The zero-order chi connectivity index (χ0) is 15.5. The summed E-state index contributed by atoms with van der Waals surface area (Å²) >= 11 is 1.51. The Bertz CT molecular complexity index is 688. The van der Waals surface area contributed by atoms with E-state index in [1.54, 1.807) is 25.3 Å². The van der Waals surface area contributed by atoms with E-state index in [4.69, 9.17) is 9.15 Å². The lowest BCUT2D eigenvalue weighted by molar-refractivity contribution is -0.152. The molecule has 0 fully saturated rings. The number of ether oxygens (including phenoxy) is 1. The first kappa shape index (κ1) is 14.6. The fourth-order valence-electron chi connectivity index (χ4n) is 2.48. The van der Waals surface area contributed by atoms with Gasteiger partial charge in [0.25, 0.3) is 0 Å². The molecule has 1 N–H and O–H groups in total. The summed E-state index contributed by atoms with van der Waals surface area (Å²) < 4.78 is 10.4. The van der Waals surface area contributed by atoms with Gasteiger partial charge in [-0.3, -0.25) is 9.59 Å². The predicted molar refractivity (Wildman–Crippen MR) is 82.0 cm³/mol. The van der Waals surface area contributed by atoms with Crippen LogP contribution in [0.25, 0.3) is 5.70 Å². The highest BCUT2D eigenvalue weighted by atomic mass is 32.1. The Balaban J connectivity index is 2.01. The zero-order valence-corrected chi connectivity index (χ0v) is 12.8. The number of carbonyl (C=O) groups is 2. The van der Waals surface area contributed by atoms with Crippen LogP contribution in [0.4, 0.5) is 0 Å². The molecule has 0 unspecified atom stereocenters. The molecular weight excluding hydrogens is 302 g/mol. The highest BCUT2D eigenvalue weighted by molar-refractivity contribution is 7.10. The van der Waals surface area contributed by atoms with Gasteiger partial charge >= 0.3 is 5.97 Å². The second-order valence-electron chi connectivity index (χ2n) is 4.82. The van der Waals surface area contributed by atoms with Crippen molar-refractivity contribution < 1.29 is 18.7 Å². The molecule has 5 nitrogen and oxygen atoms in total. The van der Waals surface area contributed by atoms with Crippen LogP contribution in [-0.4, -0.2) is 18.5 Å². The van der Waals surface area contributed by atoms with Crippen molar-refractivity contribution in [2.75, 3.05) is 6.61 Å². The number of esters is 1. The normalized spacial score (nSPS) is 21.1. The molecule has 1 amide bonds. The lowest BCUT2D eigenvalue weighted by atomic mass is 9.86. The molecule has 0 aliphatic carbocycles. The third kappa shape index (κ3) is 2.69. The highest BCUT2D eigenvalue weighted by Gasteiger charge is 2.40. The molecular formula is C16H15NO4S. The molecule has 2 atom stereocenters. The topological polar surface area (TPSA) is 68.5 Å². The summed E-state index contributed by atoms with van der Waals surface area (Å²) in [6, 6.07) is 7.33. The standard InChI is InChI=1S/C16H15NO4S/c1-2-20-16(19)14-10(13-6-4-8-22-13)9-11(17-15(14)18)12-5-3-7-21-12/h3-10,14H,2H2,1H3,(H,17,18)/t10-,14-/m1/s1. The van der Waals surface area contributed by atoms with Crippen LogP contribution in [0.15, 0.2) is 46.4 Å². The van der Waals surface area contributed by atoms with Gasteiger partial charge in [0, 0.05) is 10.8 Å². The van der Waals surface area contributed by atoms with Gasteiger partial charge in [-0.25, -0.2) is 0 Å². The average molecular weight is 317 g/mol. The Morgan fingerprint density at radius 1 is 1.41 bits per heavy atom. The summed E-state index contributed by atoms with van der Waals surface area (Å²) in [6.07, 6.45) is 3.40. The third-order valence-corrected chi connectivity index (χ3v) is 4.42. The number of thiophene rings is 1. The number of carbonyl (C=O) groups excluding carboxylic acids is 2. The Morgan fingerprint density at radius 2 is 2.27 bits per heavy atom. The zero-order valence-electron chi connectivity index (χ0n) is 11.9. The van der Waals surface area contributed by atoms with E-state index in [1.165, 1.54) is 11.3 Å². The van der Waals surface area contributed by atoms with E-state index < -0.39 is 11.9 Å². The first-order valence-electron chi connectivity index (χ1n) is 6.97. The SMILES string of the molecule is CCOC(=O)[C@H]1C(=O)NC(c2ccco2)=C[C@@H]1c1cccs1. The van der Waals surface area contributed by atoms with Gasteiger partial charge in [-0.1, -0.05) is 6.07 Å². The van der Waals surface area contributed by atoms with E-state index in [0.29, 0.717) is 11.5 Å². The van der Waals surface area contributed by atoms with E-state index in [-0.39, 0.29) is 18.4 Å². The molecule has 0 radical (unpaired) electrons. The Morgan fingerprint density at radius 3 is 2.91 bits per heavy atom. The van der Waals surface area contributed by atoms with Crippen molar-refractivity contribution in [2.24, 2.45) is 5.92 Å². The maximum absolute atomic E-state index is 12.4. The molecule has 1 aliphatic heterocycles. The molecule has 0 saturated heterocycles. The van der Waals surface area contributed by atoms with Crippen LogP contribution in [0.1, 0.15) is 23.5 Å². The van der Waals surface area contributed by atoms with Crippen LogP contribution in [0.5, 0.6) is 0 Å². The van der Waals surface area contributed by atoms with Crippen molar-refractivity contribution in [3.05, 3.63) is 52.6 Å². The number of hydrogen-bond acceptors (Lipinski definition) is 5. The van der Waals surface area contributed by atoms with E-state index in [1.807, 2.05) is 23.6 Å². The van der Waals surface area contributed by atoms with Gasteiger partial charge < -0.3 is 14.5 Å². The first-order chi connectivity index (χ1) is 10.7. The highest BCUT2D eigenvalue weighted by Crippen LogP contribution is 2.36. The summed E-state index contributed by atoms with van der Waals surface area (Å²) in [5.74, 6) is -1.54. The molecule has 0 spiro atoms. The lowest BCUT2D eigenvalue weighted by Crippen LogP contribution is -2.42. The van der Waals surface area contributed by atoms with Crippen LogP contribution in [0.2, 0.25) is 0 Å². The minimum atomic E-state index is -0.877. The minimum absolute atomic E-state index is 0.245. The van der Waals surface area contributed by atoms with Crippen LogP contribution in [0, 0.1) is 5.92 Å². The molecule has 2 aromatic rings. The van der Waals surface area contributed by atoms with Gasteiger partial charge in [0.1, 0.15) is 11.7 Å². The average Bonchev–Trinajstić information content (AvgIpc) is 3.20. The van der Waals surface area contributed by atoms with Crippen molar-refractivity contribution in [3.8, 4) is 0 Å². The van der Waals surface area contributed by atoms with Crippen LogP contribution in [0.3, 0.4) is 0 Å². The fraction of sp³-hybridized carbons (Fsp3) is 0.250. The fourth-order valence-corrected chi connectivity index (χ4v) is 3.31. The van der Waals surface area contributed by atoms with Crippen molar-refractivity contribution in [2.45, 2.75) is 12.8 Å². The quantitative estimate of drug-likeness (QED) is 0.695. The van der Waals surface area contributed by atoms with Crippen molar-refractivity contribution in [1.29, 1.82) is 0 Å². The molecule has 0 aromatic carbocycles. The maximum Gasteiger partial charge on any atom is 0.319 e. The molecule has 0 saturated carbocycles. The van der Waals surface area contributed by atoms with Crippen LogP contribution >= 0.6 is 11.3 Å². The molecule has 2 aromatic heterocycles.